The number of aliphatic imine (C=N–C) groups is 1. The molecule has 6 heteroatoms. The molecule has 1 aliphatic carbocycles. The highest BCUT2D eigenvalue weighted by molar-refractivity contribution is 5.79. The van der Waals surface area contributed by atoms with Crippen LogP contribution >= 0.6 is 0 Å². The van der Waals surface area contributed by atoms with Crippen molar-refractivity contribution in [2.24, 2.45) is 10.8 Å². The van der Waals surface area contributed by atoms with Crippen molar-refractivity contribution in [2.45, 2.75) is 44.2 Å². The first-order valence-electron chi connectivity index (χ1n) is 6.98. The number of hydrogen-bond acceptors (Lipinski definition) is 4. The van der Waals surface area contributed by atoms with Crippen LogP contribution in [-0.4, -0.2) is 56.8 Å². The number of likely N-dealkylation sites (N-methyl/N-ethyl adjacent to an activating group) is 1. The zero-order chi connectivity index (χ0) is 14.3. The first-order chi connectivity index (χ1) is 9.04. The van der Waals surface area contributed by atoms with Crippen LogP contribution < -0.4 is 16.6 Å². The molecule has 0 aromatic heterocycles. The van der Waals surface area contributed by atoms with Crippen molar-refractivity contribution < 1.29 is 4.74 Å². The Balaban J connectivity index is 2.59. The molecule has 0 aliphatic heterocycles. The van der Waals surface area contributed by atoms with Gasteiger partial charge in [0.05, 0.1) is 13.2 Å². The molecule has 1 atom stereocenters. The molecule has 1 rings (SSSR count). The van der Waals surface area contributed by atoms with Crippen LogP contribution in [0.15, 0.2) is 4.99 Å². The number of guanidine groups is 1. The SMILES string of the molecule is COCC(C)NC(=NCC1(N(C)C)CCCC1)NN. The van der Waals surface area contributed by atoms with Gasteiger partial charge >= 0.3 is 0 Å². The Kier molecular flexibility index (Phi) is 6.54. The molecule has 0 aromatic carbocycles. The van der Waals surface area contributed by atoms with Gasteiger partial charge in [-0.2, -0.15) is 0 Å². The molecule has 6 nitrogen and oxygen atoms in total. The number of ether oxygens (including phenoxy) is 1. The number of rotatable bonds is 6. The molecule has 0 aromatic rings. The van der Waals surface area contributed by atoms with Crippen molar-refractivity contribution in [1.29, 1.82) is 0 Å². The molecule has 1 aliphatic rings. The summed E-state index contributed by atoms with van der Waals surface area (Å²) in [5, 5.41) is 3.22. The van der Waals surface area contributed by atoms with Gasteiger partial charge in [0.15, 0.2) is 0 Å². The van der Waals surface area contributed by atoms with Gasteiger partial charge < -0.3 is 15.0 Å². The topological polar surface area (TPSA) is 74.9 Å². The highest BCUT2D eigenvalue weighted by atomic mass is 16.5. The molecule has 1 fully saturated rings. The van der Waals surface area contributed by atoms with E-state index in [-0.39, 0.29) is 11.6 Å². The monoisotopic (exact) mass is 271 g/mol. The van der Waals surface area contributed by atoms with Crippen LogP contribution in [0.4, 0.5) is 0 Å². The lowest BCUT2D eigenvalue weighted by Gasteiger charge is -2.35. The van der Waals surface area contributed by atoms with Gasteiger partial charge in [-0.3, -0.25) is 10.4 Å². The third kappa shape index (κ3) is 4.63. The van der Waals surface area contributed by atoms with Crippen molar-refractivity contribution >= 4 is 5.96 Å². The zero-order valence-electron chi connectivity index (χ0n) is 12.7. The van der Waals surface area contributed by atoms with E-state index in [0.717, 1.165) is 6.54 Å². The quantitative estimate of drug-likeness (QED) is 0.280. The minimum Gasteiger partial charge on any atom is -0.383 e. The van der Waals surface area contributed by atoms with Gasteiger partial charge in [-0.25, -0.2) is 5.84 Å². The van der Waals surface area contributed by atoms with Crippen molar-refractivity contribution in [3.05, 3.63) is 0 Å². The predicted octanol–water partition coefficient (Wildman–Crippen LogP) is 0.305. The summed E-state index contributed by atoms with van der Waals surface area (Å²) >= 11 is 0. The fraction of sp³-hybridized carbons (Fsp3) is 0.923. The summed E-state index contributed by atoms with van der Waals surface area (Å²) in [6.07, 6.45) is 4.98. The lowest BCUT2D eigenvalue weighted by Crippen LogP contribution is -2.49. The van der Waals surface area contributed by atoms with Gasteiger partial charge in [0.2, 0.25) is 5.96 Å². The van der Waals surface area contributed by atoms with Crippen LogP contribution in [0.25, 0.3) is 0 Å². The molecule has 0 amide bonds. The molecule has 4 N–H and O–H groups in total. The number of hydrazine groups is 1. The Bertz CT molecular complexity index is 287. The van der Waals surface area contributed by atoms with Crippen LogP contribution in [0, 0.1) is 0 Å². The van der Waals surface area contributed by atoms with Gasteiger partial charge in [0.25, 0.3) is 0 Å². The van der Waals surface area contributed by atoms with Gasteiger partial charge in [0, 0.05) is 18.7 Å². The predicted molar refractivity (Wildman–Crippen MR) is 79.0 cm³/mol. The summed E-state index contributed by atoms with van der Waals surface area (Å²) < 4.78 is 5.09. The molecule has 0 bridgehead atoms. The van der Waals surface area contributed by atoms with E-state index in [1.165, 1.54) is 25.7 Å². The van der Waals surface area contributed by atoms with Gasteiger partial charge in [-0.15, -0.1) is 0 Å². The number of nitrogens with two attached hydrogens (primary N) is 1. The molecule has 0 saturated heterocycles. The number of hydrogen-bond donors (Lipinski definition) is 3. The van der Waals surface area contributed by atoms with Crippen molar-refractivity contribution in [1.82, 2.24) is 15.6 Å². The molecule has 0 spiro atoms. The van der Waals surface area contributed by atoms with Crippen LogP contribution in [0.3, 0.4) is 0 Å². The summed E-state index contributed by atoms with van der Waals surface area (Å²) in [4.78, 5) is 6.91. The van der Waals surface area contributed by atoms with Gasteiger partial charge in [-0.1, -0.05) is 12.8 Å². The van der Waals surface area contributed by atoms with E-state index in [9.17, 15) is 0 Å². The zero-order valence-corrected chi connectivity index (χ0v) is 12.7. The molecular formula is C13H29N5O. The average molecular weight is 271 g/mol. The molecule has 19 heavy (non-hydrogen) atoms. The van der Waals surface area contributed by atoms with Crippen molar-refractivity contribution in [2.75, 3.05) is 34.4 Å². The second-order valence-electron chi connectivity index (χ2n) is 5.64. The number of nitrogens with one attached hydrogen (secondary N) is 2. The van der Waals surface area contributed by atoms with E-state index < -0.39 is 0 Å². The van der Waals surface area contributed by atoms with Crippen LogP contribution in [-0.2, 0) is 4.74 Å². The maximum absolute atomic E-state index is 5.52. The third-order valence-electron chi connectivity index (χ3n) is 3.95. The average Bonchev–Trinajstić information content (AvgIpc) is 2.84. The number of nitrogens with zero attached hydrogens (tertiary/aromatic N) is 2. The van der Waals surface area contributed by atoms with E-state index >= 15 is 0 Å². The van der Waals surface area contributed by atoms with Gasteiger partial charge in [0.1, 0.15) is 0 Å². The minimum absolute atomic E-state index is 0.179. The Morgan fingerprint density at radius 2 is 2.05 bits per heavy atom. The summed E-state index contributed by atoms with van der Waals surface area (Å²) in [5.41, 5.74) is 2.83. The second-order valence-corrected chi connectivity index (χ2v) is 5.64. The van der Waals surface area contributed by atoms with Crippen molar-refractivity contribution in [3.63, 3.8) is 0 Å². The maximum atomic E-state index is 5.52. The van der Waals surface area contributed by atoms with Crippen LogP contribution in [0.1, 0.15) is 32.6 Å². The second kappa shape index (κ2) is 7.67. The minimum atomic E-state index is 0.179. The summed E-state index contributed by atoms with van der Waals surface area (Å²) in [6.45, 7) is 3.43. The van der Waals surface area contributed by atoms with Crippen LogP contribution in [0.2, 0.25) is 0 Å². The Morgan fingerprint density at radius 1 is 1.42 bits per heavy atom. The Morgan fingerprint density at radius 3 is 2.53 bits per heavy atom. The normalized spacial score (nSPS) is 20.6. The first-order valence-corrected chi connectivity index (χ1v) is 6.98. The van der Waals surface area contributed by atoms with E-state index in [0.29, 0.717) is 12.6 Å². The molecule has 1 unspecified atom stereocenters. The first kappa shape index (κ1) is 16.2. The highest BCUT2D eigenvalue weighted by Crippen LogP contribution is 2.33. The summed E-state index contributed by atoms with van der Waals surface area (Å²) in [5.74, 6) is 6.16. The summed E-state index contributed by atoms with van der Waals surface area (Å²) in [6, 6.07) is 0.179. The van der Waals surface area contributed by atoms with E-state index in [1.807, 2.05) is 6.92 Å². The fourth-order valence-electron chi connectivity index (χ4n) is 2.66. The molecular weight excluding hydrogens is 242 g/mol. The van der Waals surface area contributed by atoms with Gasteiger partial charge in [-0.05, 0) is 33.9 Å². The summed E-state index contributed by atoms with van der Waals surface area (Å²) in [7, 11) is 5.96. The third-order valence-corrected chi connectivity index (χ3v) is 3.95. The Hall–Kier alpha value is -0.850. The Labute approximate surface area is 116 Å². The standard InChI is InChI=1S/C13H29N5O/c1-11(9-19-4)16-12(17-14)15-10-13(18(2)3)7-5-6-8-13/h11H,5-10,14H2,1-4H3,(H2,15,16,17). The van der Waals surface area contributed by atoms with E-state index in [2.05, 4.69) is 34.7 Å². The smallest absolute Gasteiger partial charge is 0.206 e. The lowest BCUT2D eigenvalue weighted by atomic mass is 9.96. The maximum Gasteiger partial charge on any atom is 0.206 e. The van der Waals surface area contributed by atoms with Crippen LogP contribution in [0.5, 0.6) is 0 Å². The largest absolute Gasteiger partial charge is 0.383 e. The fourth-order valence-corrected chi connectivity index (χ4v) is 2.66. The molecule has 1 saturated carbocycles. The van der Waals surface area contributed by atoms with E-state index in [4.69, 9.17) is 10.6 Å². The van der Waals surface area contributed by atoms with Crippen molar-refractivity contribution in [3.8, 4) is 0 Å². The van der Waals surface area contributed by atoms with E-state index in [1.54, 1.807) is 7.11 Å². The molecule has 0 heterocycles. The molecule has 112 valence electrons. The highest BCUT2D eigenvalue weighted by Gasteiger charge is 2.35. The number of methoxy groups -OCH3 is 1. The lowest BCUT2D eigenvalue weighted by molar-refractivity contribution is 0.166. The molecule has 0 radical (unpaired) electrons.